The fourth-order valence-corrected chi connectivity index (χ4v) is 4.61. The Balaban J connectivity index is 1.81. The molecule has 2 amide bonds. The Kier molecular flexibility index (Phi) is 7.05. The van der Waals surface area contributed by atoms with Crippen LogP contribution in [0.25, 0.3) is 11.1 Å². The summed E-state index contributed by atoms with van der Waals surface area (Å²) in [5.41, 5.74) is 9.66. The van der Waals surface area contributed by atoms with Gasteiger partial charge < -0.3 is 25.5 Å². The van der Waals surface area contributed by atoms with Crippen molar-refractivity contribution in [3.05, 3.63) is 83.7 Å². The van der Waals surface area contributed by atoms with Crippen LogP contribution in [-0.4, -0.2) is 41.5 Å². The molecular weight excluding hydrogens is 456 g/mol. The van der Waals surface area contributed by atoms with Crippen LogP contribution in [0.4, 0.5) is 10.5 Å². The van der Waals surface area contributed by atoms with Crippen LogP contribution in [0.2, 0.25) is 0 Å². The third kappa shape index (κ3) is 5.38. The smallest absolute Gasteiger partial charge is 0.408 e. The summed E-state index contributed by atoms with van der Waals surface area (Å²) in [5.74, 6) is -0.515. The summed E-state index contributed by atoms with van der Waals surface area (Å²) >= 11 is 0. The molecule has 0 radical (unpaired) electrons. The van der Waals surface area contributed by atoms with E-state index in [1.165, 1.54) is 0 Å². The average molecular weight is 487 g/mol. The summed E-state index contributed by atoms with van der Waals surface area (Å²) in [6.07, 6.45) is 3.99. The number of aldehydes is 1. The van der Waals surface area contributed by atoms with E-state index in [1.807, 2.05) is 48.5 Å². The Bertz CT molecular complexity index is 1260. The molecule has 0 saturated heterocycles. The van der Waals surface area contributed by atoms with Crippen LogP contribution in [0.15, 0.2) is 67.0 Å². The van der Waals surface area contributed by atoms with Crippen molar-refractivity contribution < 1.29 is 19.1 Å². The Morgan fingerprint density at radius 3 is 2.39 bits per heavy atom. The van der Waals surface area contributed by atoms with Crippen molar-refractivity contribution in [2.75, 3.05) is 11.4 Å². The summed E-state index contributed by atoms with van der Waals surface area (Å²) in [6, 6.07) is 15.6. The highest BCUT2D eigenvalue weighted by atomic mass is 16.6. The third-order valence-corrected chi connectivity index (χ3v) is 6.06. The van der Waals surface area contributed by atoms with E-state index in [2.05, 4.69) is 15.2 Å². The van der Waals surface area contributed by atoms with E-state index in [-0.39, 0.29) is 0 Å². The Morgan fingerprint density at radius 1 is 1.08 bits per heavy atom. The van der Waals surface area contributed by atoms with Crippen LogP contribution >= 0.6 is 0 Å². The van der Waals surface area contributed by atoms with Gasteiger partial charge in [0.25, 0.3) is 0 Å². The first-order valence-corrected chi connectivity index (χ1v) is 11.8. The van der Waals surface area contributed by atoms with E-state index in [1.54, 1.807) is 39.2 Å². The van der Waals surface area contributed by atoms with Gasteiger partial charge in [0.2, 0.25) is 5.91 Å². The first kappa shape index (κ1) is 24.9. The molecule has 4 rings (SSSR count). The van der Waals surface area contributed by atoms with Crippen molar-refractivity contribution in [1.82, 2.24) is 10.3 Å². The molecule has 0 aliphatic carbocycles. The topological polar surface area (TPSA) is 115 Å². The number of hydrogen-bond donors (Lipinski definition) is 2. The van der Waals surface area contributed by atoms with E-state index in [0.717, 1.165) is 34.2 Å². The molecule has 36 heavy (non-hydrogen) atoms. The number of anilines is 1. The highest BCUT2D eigenvalue weighted by Crippen LogP contribution is 2.41. The first-order valence-electron chi connectivity index (χ1n) is 11.8. The zero-order chi connectivity index (χ0) is 25.9. The van der Waals surface area contributed by atoms with Gasteiger partial charge in [-0.05, 0) is 73.7 Å². The lowest BCUT2D eigenvalue weighted by Crippen LogP contribution is -2.48. The molecule has 8 heteroatoms. The maximum Gasteiger partial charge on any atom is 0.408 e. The minimum Gasteiger partial charge on any atom is -0.444 e. The minimum atomic E-state index is -0.908. The Labute approximate surface area is 210 Å². The number of carbonyl (C=O) groups excluding carboxylic acids is 3. The van der Waals surface area contributed by atoms with Gasteiger partial charge in [0.1, 0.15) is 17.9 Å². The molecule has 2 heterocycles. The Hall–Kier alpha value is -4.20. The zero-order valence-electron chi connectivity index (χ0n) is 20.6. The second-order valence-corrected chi connectivity index (χ2v) is 9.73. The van der Waals surface area contributed by atoms with Crippen molar-refractivity contribution in [3.8, 4) is 11.1 Å². The lowest BCUT2D eigenvalue weighted by atomic mass is 9.95. The molecule has 2 atom stereocenters. The lowest BCUT2D eigenvalue weighted by Gasteiger charge is -2.35. The second-order valence-electron chi connectivity index (χ2n) is 9.73. The lowest BCUT2D eigenvalue weighted by molar-refractivity contribution is -0.110. The molecule has 1 aliphatic rings. The number of primary amides is 1. The summed E-state index contributed by atoms with van der Waals surface area (Å²) in [7, 11) is 0. The van der Waals surface area contributed by atoms with Crippen molar-refractivity contribution in [3.63, 3.8) is 0 Å². The van der Waals surface area contributed by atoms with Gasteiger partial charge >= 0.3 is 6.09 Å². The number of ether oxygens (including phenoxy) is 1. The SMILES string of the molecule is CC(C)(C)OC(=O)NC(C=O)C(c1ccccc1)N1CCc2c(C(N)=O)cc(-c3ccncc3)cc21. The van der Waals surface area contributed by atoms with Crippen molar-refractivity contribution in [2.45, 2.75) is 44.9 Å². The van der Waals surface area contributed by atoms with Crippen LogP contribution in [0.3, 0.4) is 0 Å². The van der Waals surface area contributed by atoms with Gasteiger partial charge in [-0.1, -0.05) is 30.3 Å². The fraction of sp³-hybridized carbons (Fsp3) is 0.286. The molecule has 3 N–H and O–H groups in total. The zero-order valence-corrected chi connectivity index (χ0v) is 20.6. The normalized spacial score (nSPS) is 14.5. The van der Waals surface area contributed by atoms with E-state index >= 15 is 0 Å². The van der Waals surface area contributed by atoms with E-state index < -0.39 is 29.7 Å². The number of nitrogens with two attached hydrogens (primary N) is 1. The van der Waals surface area contributed by atoms with Gasteiger partial charge in [-0.25, -0.2) is 4.79 Å². The molecule has 2 unspecified atom stereocenters. The van der Waals surface area contributed by atoms with Crippen molar-refractivity contribution in [2.24, 2.45) is 5.73 Å². The molecule has 1 aromatic heterocycles. The van der Waals surface area contributed by atoms with Gasteiger partial charge in [0.05, 0.1) is 6.04 Å². The molecule has 186 valence electrons. The molecule has 0 fully saturated rings. The predicted octanol–water partition coefficient (Wildman–Crippen LogP) is 4.04. The van der Waals surface area contributed by atoms with Gasteiger partial charge in [0.15, 0.2) is 0 Å². The average Bonchev–Trinajstić information content (AvgIpc) is 3.26. The number of aromatic nitrogens is 1. The Morgan fingerprint density at radius 2 is 1.78 bits per heavy atom. The molecule has 8 nitrogen and oxygen atoms in total. The minimum absolute atomic E-state index is 0.441. The number of amides is 2. The molecule has 3 aromatic rings. The first-order chi connectivity index (χ1) is 17.2. The standard InChI is InChI=1S/C28H30N4O4/c1-28(2,3)36-27(35)31-23(17-33)25(19-7-5-4-6-8-19)32-14-11-21-22(26(29)34)15-20(16-24(21)32)18-9-12-30-13-10-18/h4-10,12-13,15-17,23,25H,11,14H2,1-3H3,(H2,29,34)(H,31,35). The number of alkyl carbamates (subject to hydrolysis) is 1. The van der Waals surface area contributed by atoms with Gasteiger partial charge in [-0.3, -0.25) is 9.78 Å². The molecule has 0 saturated carbocycles. The van der Waals surface area contributed by atoms with E-state index in [9.17, 15) is 14.4 Å². The predicted molar refractivity (Wildman–Crippen MR) is 138 cm³/mol. The van der Waals surface area contributed by atoms with Crippen molar-refractivity contribution in [1.29, 1.82) is 0 Å². The van der Waals surface area contributed by atoms with Crippen LogP contribution in [0.1, 0.15) is 48.3 Å². The van der Waals surface area contributed by atoms with Crippen LogP contribution in [0.5, 0.6) is 0 Å². The van der Waals surface area contributed by atoms with Crippen LogP contribution in [0, 0.1) is 0 Å². The number of rotatable bonds is 7. The van der Waals surface area contributed by atoms with Crippen molar-refractivity contribution >= 4 is 24.0 Å². The molecule has 2 aromatic carbocycles. The van der Waals surface area contributed by atoms with E-state index in [4.69, 9.17) is 10.5 Å². The summed E-state index contributed by atoms with van der Waals surface area (Å²) < 4.78 is 5.42. The molecule has 0 bridgehead atoms. The fourth-order valence-electron chi connectivity index (χ4n) is 4.61. The number of benzene rings is 2. The number of nitrogens with one attached hydrogen (secondary N) is 1. The summed E-state index contributed by atoms with van der Waals surface area (Å²) in [6.45, 7) is 5.83. The highest BCUT2D eigenvalue weighted by molar-refractivity contribution is 5.98. The maximum atomic E-state index is 12.6. The van der Waals surface area contributed by atoms with Gasteiger partial charge in [-0.2, -0.15) is 0 Å². The van der Waals surface area contributed by atoms with Crippen LogP contribution in [-0.2, 0) is 16.0 Å². The third-order valence-electron chi connectivity index (χ3n) is 6.06. The molecular formula is C28H30N4O4. The molecule has 0 spiro atoms. The largest absolute Gasteiger partial charge is 0.444 e. The summed E-state index contributed by atoms with van der Waals surface area (Å²) in [4.78, 5) is 43.6. The highest BCUT2D eigenvalue weighted by Gasteiger charge is 2.36. The monoisotopic (exact) mass is 486 g/mol. The van der Waals surface area contributed by atoms with Gasteiger partial charge in [0, 0.05) is 30.2 Å². The number of carbonyl (C=O) groups is 3. The number of fused-ring (bicyclic) bond motifs is 1. The second kappa shape index (κ2) is 10.2. The summed E-state index contributed by atoms with van der Waals surface area (Å²) in [5, 5.41) is 2.74. The maximum absolute atomic E-state index is 12.6. The quantitative estimate of drug-likeness (QED) is 0.487. The number of hydrogen-bond acceptors (Lipinski definition) is 6. The number of pyridine rings is 1. The van der Waals surface area contributed by atoms with Crippen LogP contribution < -0.4 is 16.0 Å². The number of nitrogens with zero attached hydrogens (tertiary/aromatic N) is 2. The van der Waals surface area contributed by atoms with Gasteiger partial charge in [-0.15, -0.1) is 0 Å². The van der Waals surface area contributed by atoms with E-state index in [0.29, 0.717) is 18.5 Å². The molecule has 1 aliphatic heterocycles.